The molecule has 0 amide bonds. The Bertz CT molecular complexity index is 3000. The Kier molecular flexibility index (Phi) is 5.70. The maximum Gasteiger partial charge on any atom is 0.0542 e. The van der Waals surface area contributed by atoms with Crippen LogP contribution in [0.25, 0.3) is 98.4 Å². The third-order valence-electron chi connectivity index (χ3n) is 10.7. The number of rotatable bonds is 3. The fourth-order valence-electron chi connectivity index (χ4n) is 8.64. The van der Waals surface area contributed by atoms with Crippen LogP contribution in [0.4, 0.5) is 0 Å². The lowest BCUT2D eigenvalue weighted by Crippen LogP contribution is -2.01. The predicted molar refractivity (Wildman–Crippen MR) is 213 cm³/mol. The van der Waals surface area contributed by atoms with Crippen molar-refractivity contribution in [1.29, 1.82) is 0 Å². The van der Waals surface area contributed by atoms with Gasteiger partial charge in [0.05, 0.1) is 27.8 Å². The van der Waals surface area contributed by atoms with Gasteiger partial charge in [-0.25, -0.2) is 0 Å². The third-order valence-corrected chi connectivity index (χ3v) is 10.7. The zero-order valence-electron chi connectivity index (χ0n) is 27.2. The van der Waals surface area contributed by atoms with Gasteiger partial charge in [-0.3, -0.25) is 0 Å². The summed E-state index contributed by atoms with van der Waals surface area (Å²) < 4.78 is 4.90. The van der Waals surface area contributed by atoms with Crippen LogP contribution in [0.1, 0.15) is 0 Å². The first-order valence-corrected chi connectivity index (χ1v) is 17.3. The molecule has 0 saturated carbocycles. The molecule has 50 heavy (non-hydrogen) atoms. The Balaban J connectivity index is 1.33. The van der Waals surface area contributed by atoms with Crippen molar-refractivity contribution in [3.8, 4) is 22.5 Å². The molecule has 232 valence electrons. The first kappa shape index (κ1) is 27.3. The minimum atomic E-state index is 1.14. The van der Waals surface area contributed by atoms with Crippen LogP contribution in [0, 0.1) is 0 Å². The van der Waals surface area contributed by atoms with Crippen molar-refractivity contribution in [3.63, 3.8) is 0 Å². The van der Waals surface area contributed by atoms with Gasteiger partial charge in [0, 0.05) is 32.8 Å². The third kappa shape index (κ3) is 3.73. The standard InChI is InChI=1S/C48H30N2/c1-2-15-34-32(14-1)33-16-3-4-21-39(33)48-40(34)22-13-23-41(48)42-30-31(49-43-24-9-5-17-35(43)36-18-6-10-25-44(36)49)28-29-47(42)50-45-26-11-7-19-37(45)38-20-8-12-27-46(38)50/h1-30H. The maximum absolute atomic E-state index is 2.47. The molecule has 11 aromatic rings. The minimum absolute atomic E-state index is 1.14. The monoisotopic (exact) mass is 634 g/mol. The Morgan fingerprint density at radius 2 is 0.640 bits per heavy atom. The molecule has 11 rings (SSSR count). The summed E-state index contributed by atoms with van der Waals surface area (Å²) in [5, 5.41) is 12.7. The molecule has 0 spiro atoms. The van der Waals surface area contributed by atoms with E-state index in [2.05, 4.69) is 191 Å². The highest BCUT2D eigenvalue weighted by molar-refractivity contribution is 6.28. The molecular weight excluding hydrogens is 605 g/mol. The van der Waals surface area contributed by atoms with Crippen molar-refractivity contribution in [1.82, 2.24) is 9.13 Å². The number of benzene rings is 9. The number of hydrogen-bond donors (Lipinski definition) is 0. The molecule has 0 fully saturated rings. The number of fused-ring (bicyclic) bond motifs is 12. The van der Waals surface area contributed by atoms with Crippen molar-refractivity contribution >= 4 is 75.9 Å². The lowest BCUT2D eigenvalue weighted by atomic mass is 9.89. The lowest BCUT2D eigenvalue weighted by molar-refractivity contribution is 1.15. The average molecular weight is 635 g/mol. The van der Waals surface area contributed by atoms with Gasteiger partial charge in [0.25, 0.3) is 0 Å². The van der Waals surface area contributed by atoms with Crippen molar-refractivity contribution in [2.24, 2.45) is 0 Å². The molecule has 0 aliphatic rings. The largest absolute Gasteiger partial charge is 0.309 e. The van der Waals surface area contributed by atoms with Crippen molar-refractivity contribution in [3.05, 3.63) is 182 Å². The fourth-order valence-corrected chi connectivity index (χ4v) is 8.64. The molecule has 0 radical (unpaired) electrons. The highest BCUT2D eigenvalue weighted by Gasteiger charge is 2.21. The summed E-state index contributed by atoms with van der Waals surface area (Å²) in [6.45, 7) is 0. The molecule has 9 aromatic carbocycles. The van der Waals surface area contributed by atoms with Gasteiger partial charge < -0.3 is 9.13 Å². The normalized spacial score (nSPS) is 12.0. The SMILES string of the molecule is c1ccc2c(c1)c1ccccc1c1c(-c3cc(-n4c5ccccc5c5ccccc54)ccc3-n3c4ccccc4c4ccccc43)cccc21. The maximum atomic E-state index is 2.47. The summed E-state index contributed by atoms with van der Waals surface area (Å²) in [6.07, 6.45) is 0. The quantitative estimate of drug-likeness (QED) is 0.171. The van der Waals surface area contributed by atoms with Gasteiger partial charge in [-0.15, -0.1) is 0 Å². The van der Waals surface area contributed by atoms with E-state index in [1.807, 2.05) is 0 Å². The van der Waals surface area contributed by atoms with Crippen molar-refractivity contribution in [2.45, 2.75) is 0 Å². The van der Waals surface area contributed by atoms with Gasteiger partial charge in [0.15, 0.2) is 0 Å². The molecule has 0 atom stereocenters. The number of nitrogens with zero attached hydrogens (tertiary/aromatic N) is 2. The second-order valence-corrected chi connectivity index (χ2v) is 13.3. The molecule has 0 bridgehead atoms. The summed E-state index contributed by atoms with van der Waals surface area (Å²) in [7, 11) is 0. The van der Waals surface area contributed by atoms with E-state index in [1.54, 1.807) is 0 Å². The van der Waals surface area contributed by atoms with Gasteiger partial charge in [-0.1, -0.05) is 140 Å². The van der Waals surface area contributed by atoms with Crippen LogP contribution in [0.3, 0.4) is 0 Å². The van der Waals surface area contributed by atoms with Gasteiger partial charge in [0.2, 0.25) is 0 Å². The average Bonchev–Trinajstić information content (AvgIpc) is 3.71. The van der Waals surface area contributed by atoms with E-state index in [-0.39, 0.29) is 0 Å². The van der Waals surface area contributed by atoms with E-state index >= 15 is 0 Å². The van der Waals surface area contributed by atoms with Gasteiger partial charge in [0.1, 0.15) is 0 Å². The van der Waals surface area contributed by atoms with E-state index in [4.69, 9.17) is 0 Å². The van der Waals surface area contributed by atoms with E-state index in [9.17, 15) is 0 Å². The molecule has 0 unspecified atom stereocenters. The van der Waals surface area contributed by atoms with Crippen molar-refractivity contribution in [2.75, 3.05) is 0 Å². The highest BCUT2D eigenvalue weighted by Crippen LogP contribution is 2.44. The Morgan fingerprint density at radius 1 is 0.260 bits per heavy atom. The van der Waals surface area contributed by atoms with Gasteiger partial charge in [-0.2, -0.15) is 0 Å². The molecular formula is C48H30N2. The zero-order chi connectivity index (χ0) is 32.8. The summed E-state index contributed by atoms with van der Waals surface area (Å²) in [4.78, 5) is 0. The van der Waals surface area contributed by atoms with Crippen molar-refractivity contribution < 1.29 is 0 Å². The summed E-state index contributed by atoms with van der Waals surface area (Å²) >= 11 is 0. The van der Waals surface area contributed by atoms with Crippen LogP contribution < -0.4 is 0 Å². The van der Waals surface area contributed by atoms with E-state index in [0.29, 0.717) is 0 Å². The van der Waals surface area contributed by atoms with Crippen LogP contribution in [-0.2, 0) is 0 Å². The molecule has 2 aromatic heterocycles. The van der Waals surface area contributed by atoms with E-state index < -0.39 is 0 Å². The van der Waals surface area contributed by atoms with E-state index in [1.165, 1.54) is 87.1 Å². The minimum Gasteiger partial charge on any atom is -0.309 e. The van der Waals surface area contributed by atoms with E-state index in [0.717, 1.165) is 11.4 Å². The number of aromatic nitrogens is 2. The summed E-state index contributed by atoms with van der Waals surface area (Å²) in [5.41, 5.74) is 9.55. The smallest absolute Gasteiger partial charge is 0.0542 e. The Morgan fingerprint density at radius 3 is 1.14 bits per heavy atom. The van der Waals surface area contributed by atoms with Crippen LogP contribution in [0.15, 0.2) is 182 Å². The van der Waals surface area contributed by atoms with Crippen LogP contribution in [0.2, 0.25) is 0 Å². The lowest BCUT2D eigenvalue weighted by Gasteiger charge is -2.20. The second kappa shape index (κ2) is 10.4. The summed E-state index contributed by atoms with van der Waals surface area (Å²) in [5.74, 6) is 0. The van der Waals surface area contributed by atoms with Crippen LogP contribution in [-0.4, -0.2) is 9.13 Å². The molecule has 2 heteroatoms. The molecule has 2 heterocycles. The van der Waals surface area contributed by atoms with Crippen LogP contribution in [0.5, 0.6) is 0 Å². The predicted octanol–water partition coefficient (Wildman–Crippen LogP) is 13.0. The first-order valence-electron chi connectivity index (χ1n) is 17.3. The zero-order valence-corrected chi connectivity index (χ0v) is 27.2. The number of para-hydroxylation sites is 4. The van der Waals surface area contributed by atoms with Gasteiger partial charge in [-0.05, 0) is 80.3 Å². The molecule has 2 nitrogen and oxygen atoms in total. The Hall–Kier alpha value is -6.64. The number of hydrogen-bond acceptors (Lipinski definition) is 0. The van der Waals surface area contributed by atoms with Crippen LogP contribution >= 0.6 is 0 Å². The highest BCUT2D eigenvalue weighted by atomic mass is 15.0. The fraction of sp³-hybridized carbons (Fsp3) is 0. The molecule has 0 saturated heterocycles. The molecule has 0 aliphatic carbocycles. The summed E-state index contributed by atoms with van der Waals surface area (Å²) in [6, 6.07) is 66.8. The molecule has 0 aliphatic heterocycles. The molecule has 0 N–H and O–H groups in total. The Labute approximate surface area is 288 Å². The van der Waals surface area contributed by atoms with Gasteiger partial charge >= 0.3 is 0 Å². The second-order valence-electron chi connectivity index (χ2n) is 13.3. The first-order chi connectivity index (χ1) is 24.8. The topological polar surface area (TPSA) is 9.86 Å².